The minimum atomic E-state index is -3.57. The van der Waals surface area contributed by atoms with Crippen LogP contribution in [0.15, 0.2) is 77.8 Å². The van der Waals surface area contributed by atoms with Crippen LogP contribution in [-0.4, -0.2) is 31.0 Å². The fraction of sp³-hybridized carbons (Fsp3) is 0.258. The molecule has 10 heteroatoms. The molecule has 0 radical (unpaired) electrons. The van der Waals surface area contributed by atoms with Crippen LogP contribution in [0.1, 0.15) is 55.3 Å². The van der Waals surface area contributed by atoms with Gasteiger partial charge in [-0.2, -0.15) is 0 Å². The van der Waals surface area contributed by atoms with E-state index in [1.54, 1.807) is 25.3 Å². The highest BCUT2D eigenvalue weighted by Gasteiger charge is 2.27. The highest BCUT2D eigenvalue weighted by Crippen LogP contribution is 2.41. The number of benzene rings is 3. The van der Waals surface area contributed by atoms with E-state index in [1.807, 2.05) is 36.4 Å². The molecule has 0 aliphatic heterocycles. The highest BCUT2D eigenvalue weighted by molar-refractivity contribution is 7.91. The maximum absolute atomic E-state index is 13.8. The summed E-state index contributed by atoms with van der Waals surface area (Å²) in [5.74, 6) is 0.247. The van der Waals surface area contributed by atoms with Gasteiger partial charge in [0.1, 0.15) is 11.9 Å². The quantitative estimate of drug-likeness (QED) is 0.212. The Hall–Kier alpha value is -4.44. The van der Waals surface area contributed by atoms with Crippen molar-refractivity contribution in [3.63, 3.8) is 0 Å². The zero-order valence-electron chi connectivity index (χ0n) is 23.0. The van der Waals surface area contributed by atoms with Crippen molar-refractivity contribution in [1.29, 1.82) is 0 Å². The third-order valence-corrected chi connectivity index (χ3v) is 9.04. The van der Waals surface area contributed by atoms with Gasteiger partial charge in [0.2, 0.25) is 11.8 Å². The number of nitrogens with one attached hydrogen (secondary N) is 3. The maximum Gasteiger partial charge on any atom is 0.247 e. The van der Waals surface area contributed by atoms with Crippen LogP contribution in [-0.2, 0) is 26.0 Å². The molecule has 1 fully saturated rings. The van der Waals surface area contributed by atoms with Crippen molar-refractivity contribution in [2.45, 2.75) is 50.1 Å². The van der Waals surface area contributed by atoms with Crippen LogP contribution in [0.25, 0.3) is 10.8 Å². The van der Waals surface area contributed by atoms with Crippen LogP contribution in [0, 0.1) is 0 Å². The summed E-state index contributed by atoms with van der Waals surface area (Å²) in [6, 6.07) is 19.4. The van der Waals surface area contributed by atoms with E-state index >= 15 is 0 Å². The van der Waals surface area contributed by atoms with Gasteiger partial charge in [0.15, 0.2) is 9.84 Å². The molecule has 2 amide bonds. The zero-order valence-corrected chi connectivity index (χ0v) is 23.8. The molecule has 5 rings (SSSR count). The molecule has 3 aromatic carbocycles. The van der Waals surface area contributed by atoms with Crippen molar-refractivity contribution in [2.75, 3.05) is 22.1 Å². The Labute approximate surface area is 239 Å². The SMILES string of the molecule is CCS(=O)(=O)c1ccc(NC(C)=O)cc1CNC(=O)C(Nc1ccc2c(N)nccc2c1)c1cccc(C2CC2)c1. The summed E-state index contributed by atoms with van der Waals surface area (Å²) >= 11 is 0. The molecular weight excluding hydrogens is 538 g/mol. The summed E-state index contributed by atoms with van der Waals surface area (Å²) in [6.45, 7) is 2.91. The van der Waals surface area contributed by atoms with Gasteiger partial charge in [-0.05, 0) is 83.3 Å². The number of nitrogen functional groups attached to an aromatic ring is 1. The summed E-state index contributed by atoms with van der Waals surface area (Å²) < 4.78 is 25.6. The molecule has 0 bridgehead atoms. The van der Waals surface area contributed by atoms with E-state index in [2.05, 4.69) is 33.1 Å². The van der Waals surface area contributed by atoms with E-state index in [9.17, 15) is 18.0 Å². The third-order valence-electron chi connectivity index (χ3n) is 7.21. The van der Waals surface area contributed by atoms with E-state index in [1.165, 1.54) is 18.6 Å². The van der Waals surface area contributed by atoms with Gasteiger partial charge >= 0.3 is 0 Å². The minimum Gasteiger partial charge on any atom is -0.383 e. The molecule has 1 unspecified atom stereocenters. The number of nitrogens with two attached hydrogens (primary N) is 1. The number of carbonyl (C=O) groups excluding carboxylic acids is 2. The average Bonchev–Trinajstić information content (AvgIpc) is 3.80. The fourth-order valence-corrected chi connectivity index (χ4v) is 6.03. The van der Waals surface area contributed by atoms with Crippen LogP contribution < -0.4 is 21.7 Å². The van der Waals surface area contributed by atoms with Crippen LogP contribution >= 0.6 is 0 Å². The minimum absolute atomic E-state index is 0.0404. The van der Waals surface area contributed by atoms with Gasteiger partial charge in [0, 0.05) is 36.4 Å². The molecule has 1 heterocycles. The van der Waals surface area contributed by atoms with E-state index in [4.69, 9.17) is 5.73 Å². The van der Waals surface area contributed by atoms with Gasteiger partial charge in [0.25, 0.3) is 0 Å². The summed E-state index contributed by atoms with van der Waals surface area (Å²) in [5.41, 5.74) is 9.59. The van der Waals surface area contributed by atoms with Crippen LogP contribution in [0.3, 0.4) is 0 Å². The van der Waals surface area contributed by atoms with Gasteiger partial charge in [0.05, 0.1) is 10.6 Å². The predicted molar refractivity (Wildman–Crippen MR) is 161 cm³/mol. The van der Waals surface area contributed by atoms with Crippen molar-refractivity contribution in [1.82, 2.24) is 10.3 Å². The lowest BCUT2D eigenvalue weighted by molar-refractivity contribution is -0.122. The first kappa shape index (κ1) is 28.1. The fourth-order valence-electron chi connectivity index (χ4n) is 4.91. The summed E-state index contributed by atoms with van der Waals surface area (Å²) in [7, 11) is -3.57. The van der Waals surface area contributed by atoms with Crippen molar-refractivity contribution in [3.8, 4) is 0 Å². The number of carbonyl (C=O) groups is 2. The first-order chi connectivity index (χ1) is 19.6. The second-order valence-electron chi connectivity index (χ2n) is 10.3. The van der Waals surface area contributed by atoms with Gasteiger partial charge < -0.3 is 21.7 Å². The summed E-state index contributed by atoms with van der Waals surface area (Å²) in [6.07, 6.45) is 3.90. The molecule has 0 saturated heterocycles. The normalized spacial score (nSPS) is 13.9. The Morgan fingerprint density at radius 2 is 1.80 bits per heavy atom. The van der Waals surface area contributed by atoms with E-state index in [0.29, 0.717) is 23.0 Å². The maximum atomic E-state index is 13.8. The Balaban J connectivity index is 1.46. The number of pyridine rings is 1. The van der Waals surface area contributed by atoms with Gasteiger partial charge in [-0.1, -0.05) is 31.2 Å². The second-order valence-corrected chi connectivity index (χ2v) is 12.5. The molecule has 9 nitrogen and oxygen atoms in total. The predicted octanol–water partition coefficient (Wildman–Crippen LogP) is 4.92. The summed E-state index contributed by atoms with van der Waals surface area (Å²) in [5, 5.41) is 10.7. The number of fused-ring (bicyclic) bond motifs is 1. The first-order valence-electron chi connectivity index (χ1n) is 13.6. The van der Waals surface area contributed by atoms with Crippen molar-refractivity contribution >= 4 is 49.6 Å². The average molecular weight is 572 g/mol. The number of anilines is 3. The molecule has 4 aromatic rings. The molecular formula is C31H33N5O4S. The molecule has 1 atom stereocenters. The number of amides is 2. The molecule has 41 heavy (non-hydrogen) atoms. The van der Waals surface area contributed by atoms with Crippen molar-refractivity contribution in [2.24, 2.45) is 0 Å². The summed E-state index contributed by atoms with van der Waals surface area (Å²) in [4.78, 5) is 29.7. The molecule has 1 aliphatic rings. The van der Waals surface area contributed by atoms with E-state index in [-0.39, 0.29) is 29.0 Å². The number of hydrogen-bond donors (Lipinski definition) is 4. The molecule has 1 aromatic heterocycles. The lowest BCUT2D eigenvalue weighted by Gasteiger charge is -2.22. The Bertz CT molecular complexity index is 1730. The molecule has 5 N–H and O–H groups in total. The zero-order chi connectivity index (χ0) is 29.1. The van der Waals surface area contributed by atoms with Gasteiger partial charge in [-0.3, -0.25) is 9.59 Å². The van der Waals surface area contributed by atoms with E-state index < -0.39 is 15.9 Å². The van der Waals surface area contributed by atoms with E-state index in [0.717, 1.165) is 34.9 Å². The molecule has 0 spiro atoms. The number of nitrogens with zero attached hydrogens (tertiary/aromatic N) is 1. The second kappa shape index (κ2) is 11.6. The van der Waals surface area contributed by atoms with Gasteiger partial charge in [-0.25, -0.2) is 13.4 Å². The number of rotatable bonds is 10. The molecule has 1 saturated carbocycles. The number of sulfone groups is 1. The number of aromatic nitrogens is 1. The van der Waals surface area contributed by atoms with Crippen molar-refractivity contribution < 1.29 is 18.0 Å². The Kier molecular flexibility index (Phi) is 7.94. The Morgan fingerprint density at radius 3 is 2.54 bits per heavy atom. The lowest BCUT2D eigenvalue weighted by Crippen LogP contribution is -2.33. The first-order valence-corrected chi connectivity index (χ1v) is 15.2. The smallest absolute Gasteiger partial charge is 0.247 e. The molecule has 212 valence electrons. The highest BCUT2D eigenvalue weighted by atomic mass is 32.2. The van der Waals surface area contributed by atoms with Crippen LogP contribution in [0.5, 0.6) is 0 Å². The van der Waals surface area contributed by atoms with Crippen molar-refractivity contribution in [3.05, 3.63) is 89.6 Å². The lowest BCUT2D eigenvalue weighted by atomic mass is 10.00. The monoisotopic (exact) mass is 571 g/mol. The third kappa shape index (κ3) is 6.49. The largest absolute Gasteiger partial charge is 0.383 e. The molecule has 1 aliphatic carbocycles. The van der Waals surface area contributed by atoms with Crippen LogP contribution in [0.2, 0.25) is 0 Å². The van der Waals surface area contributed by atoms with Gasteiger partial charge in [-0.15, -0.1) is 0 Å². The topological polar surface area (TPSA) is 143 Å². The standard InChI is InChI=1S/C31H33N5O4S/c1-3-41(39,40)28-12-10-25(35-19(2)37)17-24(28)18-34-31(38)29(23-6-4-5-21(15-23)20-7-8-20)36-26-9-11-27-22(16-26)13-14-33-30(27)32/h4-6,9-17,20,29,36H,3,7-8,18H2,1-2H3,(H2,32,33)(H,34,38)(H,35,37). The Morgan fingerprint density at radius 1 is 1.02 bits per heavy atom. The number of hydrogen-bond acceptors (Lipinski definition) is 7. The van der Waals surface area contributed by atoms with Crippen LogP contribution in [0.4, 0.5) is 17.2 Å².